The molecule has 2 heterocycles. The van der Waals surface area contributed by atoms with E-state index in [4.69, 9.17) is 20.4 Å². The van der Waals surface area contributed by atoms with Crippen molar-refractivity contribution in [1.82, 2.24) is 9.55 Å². The van der Waals surface area contributed by atoms with Crippen molar-refractivity contribution in [1.29, 1.82) is 0 Å². The van der Waals surface area contributed by atoms with Crippen LogP contribution in [0.15, 0.2) is 21.9 Å². The summed E-state index contributed by atoms with van der Waals surface area (Å²) in [7, 11) is -3.95. The first-order chi connectivity index (χ1) is 11.8. The minimum Gasteiger partial charge on any atom is -0.394 e. The highest BCUT2D eigenvalue weighted by molar-refractivity contribution is 7.52. The molecule has 0 bridgehead atoms. The number of H-pyrrole nitrogens is 1. The van der Waals surface area contributed by atoms with Crippen molar-refractivity contribution >= 4 is 7.60 Å². The fourth-order valence-electron chi connectivity index (χ4n) is 2.42. The predicted octanol–water partition coefficient (Wildman–Crippen LogP) is -0.965. The van der Waals surface area contributed by atoms with E-state index in [0.29, 0.717) is 0 Å². The second-order valence-electron chi connectivity index (χ2n) is 5.27. The Balaban J connectivity index is 2.41. The number of aliphatic hydroxyl groups is 1. The zero-order valence-corrected chi connectivity index (χ0v) is 14.3. The Hall–Kier alpha value is -1.73. The normalized spacial score (nSPS) is 28.4. The Kier molecular flexibility index (Phi) is 6.35. The first kappa shape index (κ1) is 19.6. The number of rotatable bonds is 7. The molecular formula is C14H19N2O8P. The zero-order valence-electron chi connectivity index (χ0n) is 13.4. The monoisotopic (exact) mass is 374 g/mol. The minimum absolute atomic E-state index is 0.160. The molecule has 11 heteroatoms. The van der Waals surface area contributed by atoms with Gasteiger partial charge in [-0.15, -0.1) is 6.42 Å². The molecule has 0 amide bonds. The van der Waals surface area contributed by atoms with Crippen molar-refractivity contribution in [2.75, 3.05) is 19.4 Å². The van der Waals surface area contributed by atoms with Crippen molar-refractivity contribution in [2.45, 2.75) is 31.5 Å². The van der Waals surface area contributed by atoms with Crippen LogP contribution in [-0.4, -0.2) is 57.2 Å². The van der Waals surface area contributed by atoms with Crippen LogP contribution in [0.2, 0.25) is 0 Å². The lowest BCUT2D eigenvalue weighted by Gasteiger charge is -2.25. The third-order valence-corrected chi connectivity index (χ3v) is 5.01. The fourth-order valence-corrected chi connectivity index (χ4v) is 3.21. The van der Waals surface area contributed by atoms with Crippen LogP contribution in [0.1, 0.15) is 13.2 Å². The van der Waals surface area contributed by atoms with Gasteiger partial charge in [0.15, 0.2) is 6.23 Å². The van der Waals surface area contributed by atoms with Gasteiger partial charge >= 0.3 is 13.3 Å². The van der Waals surface area contributed by atoms with Gasteiger partial charge in [-0.2, -0.15) is 0 Å². The molecule has 1 aromatic rings. The average molecular weight is 374 g/mol. The molecular weight excluding hydrogens is 355 g/mol. The van der Waals surface area contributed by atoms with E-state index in [1.54, 1.807) is 0 Å². The van der Waals surface area contributed by atoms with Crippen LogP contribution in [0.4, 0.5) is 0 Å². The van der Waals surface area contributed by atoms with Gasteiger partial charge in [-0.1, -0.05) is 12.8 Å². The topological polar surface area (TPSA) is 140 Å². The summed E-state index contributed by atoms with van der Waals surface area (Å²) >= 11 is 0. The van der Waals surface area contributed by atoms with Crippen molar-refractivity contribution in [3.63, 3.8) is 0 Å². The van der Waals surface area contributed by atoms with Gasteiger partial charge in [0.25, 0.3) is 5.56 Å². The Bertz CT molecular complexity index is 797. The number of nitrogens with one attached hydrogen (secondary N) is 1. The number of aromatic amines is 1. The van der Waals surface area contributed by atoms with Crippen LogP contribution < -0.4 is 11.2 Å². The summed E-state index contributed by atoms with van der Waals surface area (Å²) in [5, 5.41) is 9.51. The van der Waals surface area contributed by atoms with E-state index in [0.717, 1.165) is 10.6 Å². The summed E-state index contributed by atoms with van der Waals surface area (Å²) in [6.07, 6.45) is 1.87. The minimum atomic E-state index is -3.95. The van der Waals surface area contributed by atoms with E-state index in [2.05, 4.69) is 10.9 Å². The number of aliphatic hydroxyl groups excluding tert-OH is 1. The van der Waals surface area contributed by atoms with Crippen molar-refractivity contribution in [3.05, 3.63) is 33.1 Å². The molecule has 2 rings (SSSR count). The number of hydrogen-bond acceptors (Lipinski definition) is 7. The summed E-state index contributed by atoms with van der Waals surface area (Å²) < 4.78 is 29.2. The number of nitrogens with zero attached hydrogens (tertiary/aromatic N) is 1. The Morgan fingerprint density at radius 1 is 1.48 bits per heavy atom. The maximum Gasteiger partial charge on any atom is 0.330 e. The van der Waals surface area contributed by atoms with E-state index in [1.165, 1.54) is 13.1 Å². The highest BCUT2D eigenvalue weighted by Gasteiger charge is 2.49. The molecule has 0 saturated carbocycles. The predicted molar refractivity (Wildman–Crippen MR) is 86.1 cm³/mol. The molecule has 3 N–H and O–H groups in total. The van der Waals surface area contributed by atoms with E-state index < -0.39 is 50.0 Å². The van der Waals surface area contributed by atoms with Gasteiger partial charge in [-0.3, -0.25) is 23.4 Å². The Labute approximate surface area is 142 Å². The lowest BCUT2D eigenvalue weighted by molar-refractivity contribution is -0.0676. The quantitative estimate of drug-likeness (QED) is 0.409. The molecule has 1 fully saturated rings. The lowest BCUT2D eigenvalue weighted by Crippen LogP contribution is -2.40. The molecule has 0 spiro atoms. The smallest absolute Gasteiger partial charge is 0.330 e. The second kappa shape index (κ2) is 8.10. The number of aromatic nitrogens is 2. The Morgan fingerprint density at radius 2 is 2.20 bits per heavy atom. The van der Waals surface area contributed by atoms with Crippen molar-refractivity contribution < 1.29 is 28.6 Å². The molecule has 5 unspecified atom stereocenters. The molecule has 0 aromatic carbocycles. The maximum absolute atomic E-state index is 12.0. The van der Waals surface area contributed by atoms with E-state index >= 15 is 0 Å². The summed E-state index contributed by atoms with van der Waals surface area (Å²) in [5.41, 5.74) is -1.37. The molecule has 1 aliphatic rings. The maximum atomic E-state index is 12.0. The van der Waals surface area contributed by atoms with Crippen LogP contribution in [0.3, 0.4) is 0 Å². The van der Waals surface area contributed by atoms with Crippen LogP contribution in [0, 0.1) is 12.3 Å². The van der Waals surface area contributed by atoms with Gasteiger partial charge in [0.1, 0.15) is 24.9 Å². The van der Waals surface area contributed by atoms with E-state index in [-0.39, 0.29) is 12.8 Å². The third kappa shape index (κ3) is 4.46. The highest BCUT2D eigenvalue weighted by Crippen LogP contribution is 2.47. The van der Waals surface area contributed by atoms with Gasteiger partial charge in [0, 0.05) is 18.4 Å². The number of hydrogen-bond donors (Lipinski definition) is 3. The van der Waals surface area contributed by atoms with Gasteiger partial charge in [-0.25, -0.2) is 4.79 Å². The number of ether oxygens (including phenoxy) is 2. The first-order valence-corrected chi connectivity index (χ1v) is 9.22. The molecule has 25 heavy (non-hydrogen) atoms. The van der Waals surface area contributed by atoms with E-state index in [1.807, 2.05) is 0 Å². The first-order valence-electron chi connectivity index (χ1n) is 7.46. The van der Waals surface area contributed by atoms with Crippen molar-refractivity contribution in [3.8, 4) is 12.3 Å². The SMILES string of the molecule is C#CCOC1C(OP(=O)(O)CC)C(CO)OC1n1ccc(=O)[nH]c1=O. The summed E-state index contributed by atoms with van der Waals surface area (Å²) in [6.45, 7) is 0.743. The largest absolute Gasteiger partial charge is 0.394 e. The molecule has 1 aliphatic heterocycles. The zero-order chi connectivity index (χ0) is 18.6. The summed E-state index contributed by atoms with van der Waals surface area (Å²) in [5.74, 6) is 2.25. The average Bonchev–Trinajstić information content (AvgIpc) is 2.89. The van der Waals surface area contributed by atoms with Crippen molar-refractivity contribution in [2.24, 2.45) is 0 Å². The summed E-state index contributed by atoms with van der Waals surface area (Å²) in [6, 6.07) is 1.11. The van der Waals surface area contributed by atoms with Crippen LogP contribution in [-0.2, 0) is 18.6 Å². The van der Waals surface area contributed by atoms with Gasteiger partial charge in [-0.05, 0) is 0 Å². The van der Waals surface area contributed by atoms with Gasteiger partial charge < -0.3 is 19.5 Å². The fraction of sp³-hybridized carbons (Fsp3) is 0.571. The van der Waals surface area contributed by atoms with Gasteiger partial charge in [0.05, 0.1) is 6.61 Å². The molecule has 10 nitrogen and oxygen atoms in total. The molecule has 0 radical (unpaired) electrons. The molecule has 1 aromatic heterocycles. The molecule has 5 atom stereocenters. The second-order valence-corrected chi connectivity index (χ2v) is 7.39. The highest BCUT2D eigenvalue weighted by atomic mass is 31.2. The molecule has 1 saturated heterocycles. The summed E-state index contributed by atoms with van der Waals surface area (Å²) in [4.78, 5) is 35.1. The third-order valence-electron chi connectivity index (χ3n) is 3.64. The van der Waals surface area contributed by atoms with Crippen LogP contribution in [0.5, 0.6) is 0 Å². The Morgan fingerprint density at radius 3 is 2.76 bits per heavy atom. The standard InChI is InChI=1S/C14H19N2O8P/c1-3-7-22-12-11(24-25(20,21)4-2)9(8-17)23-13(12)16-6-5-10(18)15-14(16)19/h1,5-6,9,11-13,17H,4,7-8H2,2H3,(H,20,21)(H,15,18,19). The van der Waals surface area contributed by atoms with Crippen LogP contribution >= 0.6 is 7.60 Å². The lowest BCUT2D eigenvalue weighted by atomic mass is 10.1. The molecule has 138 valence electrons. The number of terminal acetylenes is 1. The van der Waals surface area contributed by atoms with E-state index in [9.17, 15) is 24.2 Å². The molecule has 0 aliphatic carbocycles. The van der Waals surface area contributed by atoms with Gasteiger partial charge in [0.2, 0.25) is 0 Å². The van der Waals surface area contributed by atoms with Crippen LogP contribution in [0.25, 0.3) is 0 Å².